The summed E-state index contributed by atoms with van der Waals surface area (Å²) in [5.41, 5.74) is 2.08. The predicted octanol–water partition coefficient (Wildman–Crippen LogP) is 4.68. The van der Waals surface area contributed by atoms with E-state index in [-0.39, 0.29) is 25.6 Å². The summed E-state index contributed by atoms with van der Waals surface area (Å²) in [4.78, 5) is 14.9. The largest absolute Gasteiger partial charge is 0.488 e. The number of carbonyl (C=O) groups excluding carboxylic acids is 1. The topological polar surface area (TPSA) is 66.9 Å². The zero-order valence-corrected chi connectivity index (χ0v) is 20.1. The normalized spacial score (nSPS) is 14.9. The van der Waals surface area contributed by atoms with Crippen LogP contribution in [0.5, 0.6) is 5.75 Å². The maximum absolute atomic E-state index is 13.2. The highest BCUT2D eigenvalue weighted by atomic mass is 35.5. The van der Waals surface area contributed by atoms with E-state index in [1.165, 1.54) is 9.71 Å². The van der Waals surface area contributed by atoms with Crippen molar-refractivity contribution in [2.45, 2.75) is 6.61 Å². The van der Waals surface area contributed by atoms with Crippen LogP contribution < -0.4 is 4.74 Å². The minimum absolute atomic E-state index is 0.188. The third-order valence-corrected chi connectivity index (χ3v) is 7.51. The van der Waals surface area contributed by atoms with E-state index >= 15 is 0 Å². The minimum Gasteiger partial charge on any atom is -0.488 e. The Kier molecular flexibility index (Phi) is 7.67. The molecule has 1 heterocycles. The Balaban J connectivity index is 1.39. The maximum atomic E-state index is 13.2. The summed E-state index contributed by atoms with van der Waals surface area (Å²) in [6, 6.07) is 23.7. The number of para-hydroxylation sites is 1. The number of benzene rings is 3. The number of halogens is 1. The highest BCUT2D eigenvalue weighted by molar-refractivity contribution is 7.92. The van der Waals surface area contributed by atoms with Gasteiger partial charge in [-0.1, -0.05) is 72.3 Å². The zero-order chi connectivity index (χ0) is 24.0. The summed E-state index contributed by atoms with van der Waals surface area (Å²) < 4.78 is 32.7. The third-order valence-electron chi connectivity index (χ3n) is 5.58. The molecule has 0 unspecified atom stereocenters. The molecule has 0 atom stereocenters. The van der Waals surface area contributed by atoms with Crippen LogP contribution in [0.1, 0.15) is 21.5 Å². The van der Waals surface area contributed by atoms with Gasteiger partial charge in [0.1, 0.15) is 12.4 Å². The van der Waals surface area contributed by atoms with E-state index in [4.69, 9.17) is 16.3 Å². The lowest BCUT2D eigenvalue weighted by Crippen LogP contribution is -2.50. The Labute approximate surface area is 205 Å². The van der Waals surface area contributed by atoms with Crippen molar-refractivity contribution in [3.05, 3.63) is 106 Å². The molecule has 3 aromatic carbocycles. The van der Waals surface area contributed by atoms with Crippen molar-refractivity contribution in [3.63, 3.8) is 0 Å². The molecule has 34 heavy (non-hydrogen) atoms. The van der Waals surface area contributed by atoms with Crippen LogP contribution in [-0.4, -0.2) is 49.7 Å². The molecule has 0 aliphatic carbocycles. The monoisotopic (exact) mass is 496 g/mol. The van der Waals surface area contributed by atoms with E-state index in [2.05, 4.69) is 0 Å². The Hall–Kier alpha value is -3.13. The molecule has 1 fully saturated rings. The second-order valence-electron chi connectivity index (χ2n) is 7.83. The fourth-order valence-corrected chi connectivity index (χ4v) is 5.03. The predicted molar refractivity (Wildman–Crippen MR) is 134 cm³/mol. The van der Waals surface area contributed by atoms with Gasteiger partial charge in [0, 0.05) is 42.2 Å². The van der Waals surface area contributed by atoms with Gasteiger partial charge in [-0.3, -0.25) is 4.79 Å². The van der Waals surface area contributed by atoms with Crippen molar-refractivity contribution < 1.29 is 17.9 Å². The fraction of sp³-hybridized carbons (Fsp3) is 0.192. The quantitative estimate of drug-likeness (QED) is 0.476. The number of piperazine rings is 1. The van der Waals surface area contributed by atoms with Gasteiger partial charge in [0.15, 0.2) is 0 Å². The third kappa shape index (κ3) is 5.86. The molecule has 6 nitrogen and oxygen atoms in total. The smallest absolute Gasteiger partial charge is 0.257 e. The van der Waals surface area contributed by atoms with Crippen LogP contribution in [0.4, 0.5) is 0 Å². The molecule has 4 rings (SSSR count). The van der Waals surface area contributed by atoms with Crippen LogP contribution in [0.3, 0.4) is 0 Å². The standard InChI is InChI=1S/C26H25ClN2O4S/c27-24-12-6-4-10-22(24)20-33-25-13-7-5-11-23(25)26(30)28-15-17-29(18-16-28)34(31,32)19-14-21-8-2-1-3-9-21/h1-14,19H,15-18,20H2/b19-14+. The first-order valence-corrected chi connectivity index (χ1v) is 12.8. The Morgan fingerprint density at radius 3 is 2.26 bits per heavy atom. The summed E-state index contributed by atoms with van der Waals surface area (Å²) in [6.45, 7) is 1.31. The summed E-state index contributed by atoms with van der Waals surface area (Å²) >= 11 is 6.21. The first-order chi connectivity index (χ1) is 16.4. The molecule has 1 aliphatic rings. The SMILES string of the molecule is O=C(c1ccccc1OCc1ccccc1Cl)N1CCN(S(=O)(=O)/C=C/c2ccccc2)CC1. The summed E-state index contributed by atoms with van der Waals surface area (Å²) in [6.07, 6.45) is 1.58. The van der Waals surface area contributed by atoms with E-state index in [0.29, 0.717) is 29.4 Å². The molecule has 3 aromatic rings. The van der Waals surface area contributed by atoms with Gasteiger partial charge in [-0.15, -0.1) is 0 Å². The molecule has 0 spiro atoms. The van der Waals surface area contributed by atoms with E-state index in [9.17, 15) is 13.2 Å². The molecular weight excluding hydrogens is 472 g/mol. The summed E-state index contributed by atoms with van der Waals surface area (Å²) in [5, 5.41) is 1.82. The van der Waals surface area contributed by atoms with Gasteiger partial charge < -0.3 is 9.64 Å². The second-order valence-corrected chi connectivity index (χ2v) is 10.1. The van der Waals surface area contributed by atoms with Gasteiger partial charge in [0.25, 0.3) is 5.91 Å². The fourth-order valence-electron chi connectivity index (χ4n) is 3.67. The van der Waals surface area contributed by atoms with Crippen molar-refractivity contribution in [2.24, 2.45) is 0 Å². The first kappa shape index (κ1) is 24.0. The lowest BCUT2D eigenvalue weighted by molar-refractivity contribution is 0.0693. The lowest BCUT2D eigenvalue weighted by Gasteiger charge is -2.33. The van der Waals surface area contributed by atoms with Gasteiger partial charge in [0.05, 0.1) is 5.56 Å². The maximum Gasteiger partial charge on any atom is 0.257 e. The number of amides is 1. The van der Waals surface area contributed by atoms with E-state index in [0.717, 1.165) is 11.1 Å². The highest BCUT2D eigenvalue weighted by Crippen LogP contribution is 2.24. The molecule has 0 saturated carbocycles. The van der Waals surface area contributed by atoms with Crippen molar-refractivity contribution in [1.29, 1.82) is 0 Å². The van der Waals surface area contributed by atoms with Crippen molar-refractivity contribution >= 4 is 33.6 Å². The van der Waals surface area contributed by atoms with Gasteiger partial charge in [-0.25, -0.2) is 8.42 Å². The number of rotatable bonds is 7. The van der Waals surface area contributed by atoms with Gasteiger partial charge >= 0.3 is 0 Å². The molecule has 0 N–H and O–H groups in total. The molecule has 0 bridgehead atoms. The minimum atomic E-state index is -3.57. The second kappa shape index (κ2) is 10.9. The Morgan fingerprint density at radius 2 is 1.53 bits per heavy atom. The first-order valence-electron chi connectivity index (χ1n) is 10.9. The van der Waals surface area contributed by atoms with Gasteiger partial charge in [0.2, 0.25) is 10.0 Å². The van der Waals surface area contributed by atoms with E-state index < -0.39 is 10.0 Å². The average molecular weight is 497 g/mol. The average Bonchev–Trinajstić information content (AvgIpc) is 2.87. The molecule has 176 valence electrons. The van der Waals surface area contributed by atoms with Crippen LogP contribution in [0, 0.1) is 0 Å². The number of hydrogen-bond donors (Lipinski definition) is 0. The molecule has 1 saturated heterocycles. The van der Waals surface area contributed by atoms with Crippen molar-refractivity contribution in [3.8, 4) is 5.75 Å². The Bertz CT molecular complexity index is 1270. The summed E-state index contributed by atoms with van der Waals surface area (Å²) in [5.74, 6) is 0.278. The van der Waals surface area contributed by atoms with E-state index in [1.54, 1.807) is 35.2 Å². The molecule has 8 heteroatoms. The summed E-state index contributed by atoms with van der Waals surface area (Å²) in [7, 11) is -3.57. The lowest BCUT2D eigenvalue weighted by atomic mass is 10.1. The number of sulfonamides is 1. The van der Waals surface area contributed by atoms with Gasteiger partial charge in [-0.05, 0) is 29.8 Å². The van der Waals surface area contributed by atoms with Crippen molar-refractivity contribution in [2.75, 3.05) is 26.2 Å². The number of hydrogen-bond acceptors (Lipinski definition) is 4. The molecular formula is C26H25ClN2O4S. The number of nitrogens with zero attached hydrogens (tertiary/aromatic N) is 2. The Morgan fingerprint density at radius 1 is 0.882 bits per heavy atom. The molecule has 0 radical (unpaired) electrons. The van der Waals surface area contributed by atoms with Crippen LogP contribution in [0.25, 0.3) is 6.08 Å². The van der Waals surface area contributed by atoms with Crippen LogP contribution >= 0.6 is 11.6 Å². The van der Waals surface area contributed by atoms with E-state index in [1.807, 2.05) is 54.6 Å². The van der Waals surface area contributed by atoms with Gasteiger partial charge in [-0.2, -0.15) is 4.31 Å². The van der Waals surface area contributed by atoms with Crippen molar-refractivity contribution in [1.82, 2.24) is 9.21 Å². The van der Waals surface area contributed by atoms with Crippen LogP contribution in [0.15, 0.2) is 84.3 Å². The number of carbonyl (C=O) groups is 1. The van der Waals surface area contributed by atoms with Crippen LogP contribution in [0.2, 0.25) is 5.02 Å². The molecule has 1 aliphatic heterocycles. The van der Waals surface area contributed by atoms with Crippen LogP contribution in [-0.2, 0) is 16.6 Å². The number of ether oxygens (including phenoxy) is 1. The molecule has 0 aromatic heterocycles. The molecule has 1 amide bonds. The zero-order valence-electron chi connectivity index (χ0n) is 18.5. The highest BCUT2D eigenvalue weighted by Gasteiger charge is 2.29.